The Labute approximate surface area is 226 Å². The fourth-order valence-corrected chi connectivity index (χ4v) is 5.19. The number of benzene rings is 1. The van der Waals surface area contributed by atoms with Gasteiger partial charge < -0.3 is 14.6 Å². The standard InChI is InChI=1S/C31H41N3O4/c1-6-34-29(38-16-15-24-13-11-21-9-7-8-10-27(21)32-24)20-25(33-34)17-22(18-30(35)36)26-19-23(31(2,3)4)12-14-28(26)37-5/h11-14,19-20,22H,6-10,15-18H2,1-5H3,(H,35,36). The summed E-state index contributed by atoms with van der Waals surface area (Å²) in [5.74, 6) is 0.276. The third-order valence-corrected chi connectivity index (χ3v) is 7.35. The maximum atomic E-state index is 11.9. The van der Waals surface area contributed by atoms with Crippen LogP contribution in [0.2, 0.25) is 0 Å². The van der Waals surface area contributed by atoms with Crippen molar-refractivity contribution in [2.45, 2.75) is 90.5 Å². The van der Waals surface area contributed by atoms with Crippen LogP contribution in [0.15, 0.2) is 36.4 Å². The van der Waals surface area contributed by atoms with Crippen molar-refractivity contribution in [3.63, 3.8) is 0 Å². The van der Waals surface area contributed by atoms with E-state index in [0.29, 0.717) is 31.2 Å². The number of hydrogen-bond donors (Lipinski definition) is 1. The van der Waals surface area contributed by atoms with Gasteiger partial charge in [-0.25, -0.2) is 4.68 Å². The molecule has 7 heteroatoms. The van der Waals surface area contributed by atoms with E-state index >= 15 is 0 Å². The van der Waals surface area contributed by atoms with Gasteiger partial charge in [0.25, 0.3) is 0 Å². The summed E-state index contributed by atoms with van der Waals surface area (Å²) in [6.07, 6.45) is 5.87. The Hall–Kier alpha value is -3.35. The predicted molar refractivity (Wildman–Crippen MR) is 148 cm³/mol. The van der Waals surface area contributed by atoms with Crippen LogP contribution in [0.3, 0.4) is 0 Å². The van der Waals surface area contributed by atoms with Gasteiger partial charge in [-0.2, -0.15) is 5.10 Å². The van der Waals surface area contributed by atoms with Gasteiger partial charge in [0.2, 0.25) is 5.88 Å². The highest BCUT2D eigenvalue weighted by Crippen LogP contribution is 2.36. The van der Waals surface area contributed by atoms with Crippen molar-refractivity contribution in [3.8, 4) is 11.6 Å². The van der Waals surface area contributed by atoms with Crippen LogP contribution in [0.25, 0.3) is 0 Å². The Morgan fingerprint density at radius 2 is 1.89 bits per heavy atom. The van der Waals surface area contributed by atoms with Gasteiger partial charge in [-0.1, -0.05) is 39.0 Å². The monoisotopic (exact) mass is 519 g/mol. The van der Waals surface area contributed by atoms with E-state index in [4.69, 9.17) is 19.6 Å². The molecule has 2 aromatic heterocycles. The van der Waals surface area contributed by atoms with E-state index in [1.807, 2.05) is 23.7 Å². The summed E-state index contributed by atoms with van der Waals surface area (Å²) in [6, 6.07) is 12.4. The van der Waals surface area contributed by atoms with Crippen molar-refractivity contribution in [2.75, 3.05) is 13.7 Å². The lowest BCUT2D eigenvalue weighted by atomic mass is 9.82. The number of carboxylic acids is 1. The van der Waals surface area contributed by atoms with E-state index in [2.05, 4.69) is 45.0 Å². The van der Waals surface area contributed by atoms with Crippen LogP contribution in [0.4, 0.5) is 0 Å². The minimum absolute atomic E-state index is 0.0108. The summed E-state index contributed by atoms with van der Waals surface area (Å²) in [7, 11) is 1.63. The van der Waals surface area contributed by atoms with Crippen molar-refractivity contribution in [1.29, 1.82) is 0 Å². The van der Waals surface area contributed by atoms with Crippen molar-refractivity contribution >= 4 is 5.97 Å². The average Bonchev–Trinajstić information content (AvgIpc) is 3.28. The molecule has 204 valence electrons. The third kappa shape index (κ3) is 6.74. The molecule has 0 saturated heterocycles. The normalized spacial score (nSPS) is 14.1. The van der Waals surface area contributed by atoms with Gasteiger partial charge in [0.1, 0.15) is 5.75 Å². The van der Waals surface area contributed by atoms with E-state index < -0.39 is 5.97 Å². The lowest BCUT2D eigenvalue weighted by Gasteiger charge is -2.24. The lowest BCUT2D eigenvalue weighted by Crippen LogP contribution is -2.15. The molecule has 3 aromatic rings. The van der Waals surface area contributed by atoms with Crippen molar-refractivity contribution in [3.05, 3.63) is 70.2 Å². The molecule has 0 radical (unpaired) electrons. The average molecular weight is 520 g/mol. The number of ether oxygens (including phenoxy) is 2. The molecule has 7 nitrogen and oxygen atoms in total. The largest absolute Gasteiger partial charge is 0.496 e. The first-order valence-electron chi connectivity index (χ1n) is 13.7. The zero-order chi connectivity index (χ0) is 27.3. The molecule has 38 heavy (non-hydrogen) atoms. The zero-order valence-electron chi connectivity index (χ0n) is 23.4. The molecule has 1 aromatic carbocycles. The van der Waals surface area contributed by atoms with Crippen molar-refractivity contribution < 1.29 is 19.4 Å². The number of hydrogen-bond acceptors (Lipinski definition) is 5. The van der Waals surface area contributed by atoms with E-state index in [0.717, 1.165) is 41.8 Å². The van der Waals surface area contributed by atoms with Gasteiger partial charge in [-0.15, -0.1) is 0 Å². The Bertz CT molecular complexity index is 1260. The number of nitrogens with zero attached hydrogens (tertiary/aromatic N) is 3. The highest BCUT2D eigenvalue weighted by molar-refractivity contribution is 5.68. The molecule has 0 amide bonds. The molecule has 1 aliphatic carbocycles. The number of rotatable bonds is 11. The van der Waals surface area contributed by atoms with Gasteiger partial charge in [0.05, 0.1) is 25.8 Å². The van der Waals surface area contributed by atoms with Crippen LogP contribution >= 0.6 is 0 Å². The molecule has 0 saturated carbocycles. The summed E-state index contributed by atoms with van der Waals surface area (Å²) in [5.41, 5.74) is 6.47. The van der Waals surface area contributed by atoms with Crippen LogP contribution in [0.1, 0.15) is 86.6 Å². The van der Waals surface area contributed by atoms with E-state index in [1.54, 1.807) is 7.11 Å². The minimum Gasteiger partial charge on any atom is -0.496 e. The van der Waals surface area contributed by atoms with Crippen LogP contribution in [-0.4, -0.2) is 39.6 Å². The maximum absolute atomic E-state index is 11.9. The SMILES string of the molecule is CCn1nc(CC(CC(=O)O)c2cc(C(C)(C)C)ccc2OC)cc1OCCc1ccc2c(n1)CCCC2. The Balaban J connectivity index is 1.50. The first-order chi connectivity index (χ1) is 18.2. The summed E-state index contributed by atoms with van der Waals surface area (Å²) in [4.78, 5) is 16.7. The number of aryl methyl sites for hydroxylation is 3. The first kappa shape index (κ1) is 27.7. The Morgan fingerprint density at radius 3 is 2.61 bits per heavy atom. The quantitative estimate of drug-likeness (QED) is 0.339. The summed E-state index contributed by atoms with van der Waals surface area (Å²) in [6.45, 7) is 9.65. The molecule has 0 bridgehead atoms. The predicted octanol–water partition coefficient (Wildman–Crippen LogP) is 5.91. The fraction of sp³-hybridized carbons (Fsp3) is 0.516. The second-order valence-electron chi connectivity index (χ2n) is 11.2. The number of carbonyl (C=O) groups is 1. The van der Waals surface area contributed by atoms with Gasteiger partial charge >= 0.3 is 5.97 Å². The van der Waals surface area contributed by atoms with E-state index in [-0.39, 0.29) is 17.8 Å². The van der Waals surface area contributed by atoms with Crippen LogP contribution in [-0.2, 0) is 42.4 Å². The first-order valence-corrected chi connectivity index (χ1v) is 13.7. The molecular weight excluding hydrogens is 478 g/mol. The number of fused-ring (bicyclic) bond motifs is 1. The van der Waals surface area contributed by atoms with Crippen LogP contribution in [0.5, 0.6) is 11.6 Å². The topological polar surface area (TPSA) is 86.5 Å². The Kier molecular flexibility index (Phi) is 8.75. The number of aliphatic carboxylic acids is 1. The third-order valence-electron chi connectivity index (χ3n) is 7.35. The lowest BCUT2D eigenvalue weighted by molar-refractivity contribution is -0.137. The van der Waals surface area contributed by atoms with Crippen molar-refractivity contribution in [2.24, 2.45) is 0 Å². The highest BCUT2D eigenvalue weighted by atomic mass is 16.5. The molecule has 1 atom stereocenters. The molecule has 0 spiro atoms. The van der Waals surface area contributed by atoms with Gasteiger partial charge in [0, 0.05) is 36.3 Å². The number of carboxylic acid groups (broad SMARTS) is 1. The van der Waals surface area contributed by atoms with Gasteiger partial charge in [-0.3, -0.25) is 9.78 Å². The van der Waals surface area contributed by atoms with Crippen LogP contribution in [0, 0.1) is 0 Å². The van der Waals surface area contributed by atoms with E-state index in [1.165, 1.54) is 24.1 Å². The van der Waals surface area contributed by atoms with Crippen molar-refractivity contribution in [1.82, 2.24) is 14.8 Å². The molecule has 2 heterocycles. The number of pyridine rings is 1. The fourth-order valence-electron chi connectivity index (χ4n) is 5.19. The molecule has 1 aliphatic rings. The molecule has 0 fully saturated rings. The summed E-state index contributed by atoms with van der Waals surface area (Å²) in [5, 5.41) is 14.5. The van der Waals surface area contributed by atoms with E-state index in [9.17, 15) is 9.90 Å². The molecular formula is C31H41N3O4. The zero-order valence-corrected chi connectivity index (χ0v) is 23.4. The minimum atomic E-state index is -0.845. The second kappa shape index (κ2) is 12.0. The highest BCUT2D eigenvalue weighted by Gasteiger charge is 2.25. The summed E-state index contributed by atoms with van der Waals surface area (Å²) < 4.78 is 13.6. The van der Waals surface area contributed by atoms with Crippen LogP contribution < -0.4 is 9.47 Å². The molecule has 1 unspecified atom stereocenters. The second-order valence-corrected chi connectivity index (χ2v) is 11.2. The smallest absolute Gasteiger partial charge is 0.303 e. The number of methoxy groups -OCH3 is 1. The number of aromatic nitrogens is 3. The molecule has 1 N–H and O–H groups in total. The van der Waals surface area contributed by atoms with Gasteiger partial charge in [-0.05, 0) is 73.3 Å². The molecule has 4 rings (SSSR count). The van der Waals surface area contributed by atoms with Gasteiger partial charge in [0.15, 0.2) is 0 Å². The summed E-state index contributed by atoms with van der Waals surface area (Å²) >= 11 is 0. The maximum Gasteiger partial charge on any atom is 0.303 e. The Morgan fingerprint density at radius 1 is 1.11 bits per heavy atom. The molecule has 0 aliphatic heterocycles.